The van der Waals surface area contributed by atoms with Gasteiger partial charge in [-0.05, 0) is 49.2 Å². The Bertz CT molecular complexity index is 851. The highest BCUT2D eigenvalue weighted by molar-refractivity contribution is 7.92. The molecule has 0 saturated carbocycles. The molecule has 5 nitrogen and oxygen atoms in total. The molecule has 0 aliphatic heterocycles. The van der Waals surface area contributed by atoms with Crippen molar-refractivity contribution in [3.8, 4) is 0 Å². The molecule has 0 atom stereocenters. The Morgan fingerprint density at radius 2 is 1.92 bits per heavy atom. The van der Waals surface area contributed by atoms with Crippen LogP contribution in [0.2, 0.25) is 0 Å². The Hall–Kier alpha value is -2.41. The van der Waals surface area contributed by atoms with Gasteiger partial charge in [0.25, 0.3) is 15.9 Å². The molecule has 2 aromatic rings. The number of rotatable bonds is 6. The Morgan fingerprint density at radius 1 is 1.17 bits per heavy atom. The Kier molecular flexibility index (Phi) is 5.56. The highest BCUT2D eigenvalue weighted by Gasteiger charge is 2.16. The van der Waals surface area contributed by atoms with Gasteiger partial charge in [0.1, 0.15) is 5.82 Å². The molecule has 0 aromatic heterocycles. The second kappa shape index (κ2) is 7.44. The third-order valence-electron chi connectivity index (χ3n) is 3.37. The molecule has 0 saturated heterocycles. The van der Waals surface area contributed by atoms with E-state index in [2.05, 4.69) is 10.0 Å². The molecule has 0 aliphatic carbocycles. The zero-order chi connectivity index (χ0) is 17.7. The van der Waals surface area contributed by atoms with Crippen LogP contribution in [0.5, 0.6) is 0 Å². The number of hydrogen-bond acceptors (Lipinski definition) is 3. The average molecular weight is 350 g/mol. The molecule has 0 bridgehead atoms. The van der Waals surface area contributed by atoms with Crippen LogP contribution in [0.15, 0.2) is 47.4 Å². The third kappa shape index (κ3) is 4.32. The Morgan fingerprint density at radius 3 is 2.58 bits per heavy atom. The predicted molar refractivity (Wildman–Crippen MR) is 91.0 cm³/mol. The standard InChI is InChI=1S/C17H19FN2O3S/c1-3-9-19-17(21)13-5-4-6-14(10-13)20-24(22,23)15-8-7-12(2)16(18)11-15/h4-8,10-11,20H,3,9H2,1-2H3,(H,19,21). The number of aryl methyl sites for hydroxylation is 1. The van der Waals surface area contributed by atoms with Crippen LogP contribution in [0.4, 0.5) is 10.1 Å². The van der Waals surface area contributed by atoms with E-state index < -0.39 is 15.8 Å². The first-order chi connectivity index (χ1) is 11.3. The van der Waals surface area contributed by atoms with Crippen LogP contribution < -0.4 is 10.0 Å². The summed E-state index contributed by atoms with van der Waals surface area (Å²) in [6.07, 6.45) is 0.803. The van der Waals surface area contributed by atoms with Crippen LogP contribution in [-0.2, 0) is 10.0 Å². The van der Waals surface area contributed by atoms with E-state index in [1.165, 1.54) is 24.3 Å². The Labute approximate surface area is 141 Å². The summed E-state index contributed by atoms with van der Waals surface area (Å²) in [6.45, 7) is 4.03. The lowest BCUT2D eigenvalue weighted by Crippen LogP contribution is -2.24. The zero-order valence-corrected chi connectivity index (χ0v) is 14.3. The summed E-state index contributed by atoms with van der Waals surface area (Å²) in [5.74, 6) is -0.871. The maximum Gasteiger partial charge on any atom is 0.261 e. The summed E-state index contributed by atoms with van der Waals surface area (Å²) in [6, 6.07) is 9.83. The highest BCUT2D eigenvalue weighted by atomic mass is 32.2. The van der Waals surface area contributed by atoms with Gasteiger partial charge >= 0.3 is 0 Å². The molecule has 1 amide bonds. The smallest absolute Gasteiger partial charge is 0.261 e. The highest BCUT2D eigenvalue weighted by Crippen LogP contribution is 2.19. The minimum Gasteiger partial charge on any atom is -0.352 e. The predicted octanol–water partition coefficient (Wildman–Crippen LogP) is 3.07. The lowest BCUT2D eigenvalue weighted by Gasteiger charge is -2.10. The van der Waals surface area contributed by atoms with Crippen molar-refractivity contribution >= 4 is 21.6 Å². The van der Waals surface area contributed by atoms with Gasteiger partial charge in [-0.3, -0.25) is 9.52 Å². The SMILES string of the molecule is CCCNC(=O)c1cccc(NS(=O)(=O)c2ccc(C)c(F)c2)c1. The number of nitrogens with one attached hydrogen (secondary N) is 2. The molecule has 2 rings (SSSR count). The van der Waals surface area contributed by atoms with Gasteiger partial charge in [0.05, 0.1) is 4.90 Å². The second-order valence-corrected chi connectivity index (χ2v) is 7.04. The van der Waals surface area contributed by atoms with Crippen LogP contribution in [0.25, 0.3) is 0 Å². The van der Waals surface area contributed by atoms with Gasteiger partial charge in [0.2, 0.25) is 0 Å². The van der Waals surface area contributed by atoms with Gasteiger partial charge in [-0.2, -0.15) is 0 Å². The first kappa shape index (κ1) is 17.9. The van der Waals surface area contributed by atoms with Crippen molar-refractivity contribution in [1.82, 2.24) is 5.32 Å². The first-order valence-electron chi connectivity index (χ1n) is 7.50. The van der Waals surface area contributed by atoms with Gasteiger partial charge in [-0.25, -0.2) is 12.8 Å². The average Bonchev–Trinajstić information content (AvgIpc) is 2.54. The minimum absolute atomic E-state index is 0.175. The van der Waals surface area contributed by atoms with Crippen LogP contribution in [0.3, 0.4) is 0 Å². The third-order valence-corrected chi connectivity index (χ3v) is 4.75. The molecular formula is C17H19FN2O3S. The maximum atomic E-state index is 13.6. The van der Waals surface area contributed by atoms with E-state index in [1.54, 1.807) is 19.1 Å². The molecule has 0 heterocycles. The van der Waals surface area contributed by atoms with Gasteiger partial charge in [-0.15, -0.1) is 0 Å². The molecule has 0 unspecified atom stereocenters. The van der Waals surface area contributed by atoms with Crippen molar-refractivity contribution < 1.29 is 17.6 Å². The van der Waals surface area contributed by atoms with E-state index in [4.69, 9.17) is 0 Å². The molecule has 0 aliphatic rings. The molecule has 24 heavy (non-hydrogen) atoms. The van der Waals surface area contributed by atoms with Gasteiger partial charge in [0, 0.05) is 17.8 Å². The van der Waals surface area contributed by atoms with Crippen LogP contribution >= 0.6 is 0 Å². The maximum absolute atomic E-state index is 13.6. The minimum atomic E-state index is -3.93. The number of hydrogen-bond donors (Lipinski definition) is 2. The summed E-state index contributed by atoms with van der Waals surface area (Å²) in [7, 11) is -3.93. The van der Waals surface area contributed by atoms with Crippen molar-refractivity contribution in [2.45, 2.75) is 25.2 Å². The van der Waals surface area contributed by atoms with E-state index in [9.17, 15) is 17.6 Å². The van der Waals surface area contributed by atoms with Crippen LogP contribution in [0, 0.1) is 12.7 Å². The monoisotopic (exact) mass is 350 g/mol. The molecule has 7 heteroatoms. The summed E-state index contributed by atoms with van der Waals surface area (Å²) in [4.78, 5) is 11.8. The number of carbonyl (C=O) groups excluding carboxylic acids is 1. The zero-order valence-electron chi connectivity index (χ0n) is 13.5. The number of halogens is 1. The van der Waals surface area contributed by atoms with Crippen molar-refractivity contribution in [3.05, 3.63) is 59.4 Å². The number of anilines is 1. The number of sulfonamides is 1. The largest absolute Gasteiger partial charge is 0.352 e. The Balaban J connectivity index is 2.23. The van der Waals surface area contributed by atoms with Crippen molar-refractivity contribution in [3.63, 3.8) is 0 Å². The van der Waals surface area contributed by atoms with Crippen molar-refractivity contribution in [2.75, 3.05) is 11.3 Å². The van der Waals surface area contributed by atoms with Crippen molar-refractivity contribution in [1.29, 1.82) is 0 Å². The molecule has 0 spiro atoms. The topological polar surface area (TPSA) is 75.3 Å². The summed E-state index contributed by atoms with van der Waals surface area (Å²) in [5, 5.41) is 2.72. The molecule has 0 fully saturated rings. The number of benzene rings is 2. The molecule has 2 aromatic carbocycles. The quantitative estimate of drug-likeness (QED) is 0.841. The van der Waals surface area contributed by atoms with E-state index in [-0.39, 0.29) is 16.5 Å². The molecular weight excluding hydrogens is 331 g/mol. The summed E-state index contributed by atoms with van der Waals surface area (Å²) in [5.41, 5.74) is 0.947. The van der Waals surface area contributed by atoms with E-state index in [1.807, 2.05) is 6.92 Å². The number of carbonyl (C=O) groups is 1. The van der Waals surface area contributed by atoms with Crippen LogP contribution in [0.1, 0.15) is 29.3 Å². The van der Waals surface area contributed by atoms with Crippen LogP contribution in [-0.4, -0.2) is 20.9 Å². The van der Waals surface area contributed by atoms with E-state index in [0.29, 0.717) is 17.7 Å². The lowest BCUT2D eigenvalue weighted by atomic mass is 10.2. The normalized spacial score (nSPS) is 11.1. The van der Waals surface area contributed by atoms with Gasteiger partial charge < -0.3 is 5.32 Å². The van der Waals surface area contributed by atoms with Crippen molar-refractivity contribution in [2.24, 2.45) is 0 Å². The fourth-order valence-corrected chi connectivity index (χ4v) is 3.08. The van der Waals surface area contributed by atoms with Gasteiger partial charge in [-0.1, -0.05) is 19.1 Å². The molecule has 0 radical (unpaired) electrons. The molecule has 128 valence electrons. The fraction of sp³-hybridized carbons (Fsp3) is 0.235. The second-order valence-electron chi connectivity index (χ2n) is 5.35. The summed E-state index contributed by atoms with van der Waals surface area (Å²) < 4.78 is 40.6. The number of amides is 1. The summed E-state index contributed by atoms with van der Waals surface area (Å²) >= 11 is 0. The fourth-order valence-electron chi connectivity index (χ4n) is 2.02. The van der Waals surface area contributed by atoms with E-state index in [0.717, 1.165) is 12.5 Å². The lowest BCUT2D eigenvalue weighted by molar-refractivity contribution is 0.0953. The first-order valence-corrected chi connectivity index (χ1v) is 8.99. The van der Waals surface area contributed by atoms with E-state index >= 15 is 0 Å². The molecule has 2 N–H and O–H groups in total. The van der Waals surface area contributed by atoms with Gasteiger partial charge in [0.15, 0.2) is 0 Å².